The quantitative estimate of drug-likeness (QED) is 0.645. The molecule has 0 unspecified atom stereocenters. The van der Waals surface area contributed by atoms with Crippen LogP contribution in [0.3, 0.4) is 0 Å². The Balaban J connectivity index is 1.80. The van der Waals surface area contributed by atoms with Crippen LogP contribution in [0.5, 0.6) is 0 Å². The summed E-state index contributed by atoms with van der Waals surface area (Å²) in [7, 11) is -3.98. The Morgan fingerprint density at radius 3 is 2.09 bits per heavy atom. The van der Waals surface area contributed by atoms with Crippen LogP contribution in [-0.4, -0.2) is 31.6 Å². The number of benzene rings is 2. The first kappa shape index (κ1) is 24.0. The Kier molecular flexibility index (Phi) is 6.79. The lowest BCUT2D eigenvalue weighted by Crippen LogP contribution is -2.46. The summed E-state index contributed by atoms with van der Waals surface area (Å²) in [5.74, 6) is -1.34. The van der Waals surface area contributed by atoms with Crippen molar-refractivity contribution in [3.63, 3.8) is 0 Å². The predicted molar refractivity (Wildman–Crippen MR) is 125 cm³/mol. The first-order valence-corrected chi connectivity index (χ1v) is 12.3. The molecule has 0 aromatic heterocycles. The van der Waals surface area contributed by atoms with E-state index in [-0.39, 0.29) is 17.7 Å². The van der Waals surface area contributed by atoms with Gasteiger partial charge in [0.1, 0.15) is 0 Å². The van der Waals surface area contributed by atoms with Crippen molar-refractivity contribution in [2.45, 2.75) is 69.9 Å². The van der Waals surface area contributed by atoms with E-state index in [0.29, 0.717) is 24.1 Å². The highest BCUT2D eigenvalue weighted by Crippen LogP contribution is 2.42. The molecule has 0 bridgehead atoms. The van der Waals surface area contributed by atoms with E-state index in [4.69, 9.17) is 4.74 Å². The number of esters is 1. The minimum atomic E-state index is -3.98. The molecule has 32 heavy (non-hydrogen) atoms. The van der Waals surface area contributed by atoms with Crippen LogP contribution < -0.4 is 5.32 Å². The number of anilines is 1. The predicted octanol–water partition coefficient (Wildman–Crippen LogP) is 4.50. The molecule has 3 rings (SSSR count). The monoisotopic (exact) mass is 457 g/mol. The molecular weight excluding hydrogens is 426 g/mol. The number of sulfone groups is 1. The second-order valence-corrected chi connectivity index (χ2v) is 11.1. The van der Waals surface area contributed by atoms with Crippen LogP contribution in [-0.2, 0) is 24.2 Å². The molecule has 0 atom stereocenters. The zero-order valence-corrected chi connectivity index (χ0v) is 20.2. The normalized spacial score (nSPS) is 15.4. The molecule has 0 radical (unpaired) electrons. The van der Waals surface area contributed by atoms with Crippen molar-refractivity contribution in [3.05, 3.63) is 58.1 Å². The molecule has 1 N–H and O–H groups in total. The molecule has 0 aliphatic heterocycles. The van der Waals surface area contributed by atoms with E-state index >= 15 is 0 Å². The SMILES string of the molecule is Cc1cc(C)c(NC(=O)COC(=O)C2(S(=O)(=O)c3cc(C)ccc3C)CCCC2)c(C)c1. The summed E-state index contributed by atoms with van der Waals surface area (Å²) in [6.45, 7) is 8.77. The van der Waals surface area contributed by atoms with Crippen LogP contribution in [0.15, 0.2) is 35.2 Å². The van der Waals surface area contributed by atoms with Crippen molar-refractivity contribution in [2.24, 2.45) is 0 Å². The number of rotatable bonds is 6. The van der Waals surface area contributed by atoms with Gasteiger partial charge in [0.15, 0.2) is 21.2 Å². The third-order valence-electron chi connectivity index (χ3n) is 6.21. The van der Waals surface area contributed by atoms with Gasteiger partial charge < -0.3 is 10.1 Å². The van der Waals surface area contributed by atoms with Crippen molar-refractivity contribution >= 4 is 27.4 Å². The molecule has 1 fully saturated rings. The van der Waals surface area contributed by atoms with E-state index in [1.165, 1.54) is 0 Å². The number of ether oxygens (including phenoxy) is 1. The van der Waals surface area contributed by atoms with Gasteiger partial charge in [0.25, 0.3) is 5.91 Å². The fourth-order valence-corrected chi connectivity index (χ4v) is 6.91. The highest BCUT2D eigenvalue weighted by atomic mass is 32.2. The Hall–Kier alpha value is -2.67. The molecule has 172 valence electrons. The fourth-order valence-electron chi connectivity index (χ4n) is 4.55. The summed E-state index contributed by atoms with van der Waals surface area (Å²) in [5.41, 5.74) is 4.98. The maximum atomic E-state index is 13.6. The van der Waals surface area contributed by atoms with E-state index in [1.54, 1.807) is 19.1 Å². The zero-order valence-electron chi connectivity index (χ0n) is 19.4. The van der Waals surface area contributed by atoms with Gasteiger partial charge >= 0.3 is 5.97 Å². The fraction of sp³-hybridized carbons (Fsp3) is 0.440. The van der Waals surface area contributed by atoms with Gasteiger partial charge in [-0.15, -0.1) is 0 Å². The topological polar surface area (TPSA) is 89.5 Å². The molecule has 7 heteroatoms. The van der Waals surface area contributed by atoms with Crippen LogP contribution in [0.4, 0.5) is 5.69 Å². The van der Waals surface area contributed by atoms with E-state index in [0.717, 1.165) is 22.3 Å². The number of amides is 1. The van der Waals surface area contributed by atoms with Gasteiger partial charge in [-0.2, -0.15) is 0 Å². The second kappa shape index (κ2) is 9.06. The molecule has 2 aromatic rings. The summed E-state index contributed by atoms with van der Waals surface area (Å²) >= 11 is 0. The maximum Gasteiger partial charge on any atom is 0.328 e. The van der Waals surface area contributed by atoms with Crippen molar-refractivity contribution in [3.8, 4) is 0 Å². The summed E-state index contributed by atoms with van der Waals surface area (Å²) in [6.07, 6.45) is 1.62. The molecular formula is C25H31NO5S. The molecule has 1 aliphatic carbocycles. The summed E-state index contributed by atoms with van der Waals surface area (Å²) in [5, 5.41) is 2.79. The smallest absolute Gasteiger partial charge is 0.328 e. The Bertz CT molecular complexity index is 1140. The molecule has 1 aliphatic rings. The van der Waals surface area contributed by atoms with Gasteiger partial charge in [-0.1, -0.05) is 42.7 Å². The first-order valence-electron chi connectivity index (χ1n) is 10.8. The Labute approximate surface area is 190 Å². The van der Waals surface area contributed by atoms with Crippen LogP contribution in [0.1, 0.15) is 53.5 Å². The van der Waals surface area contributed by atoms with Gasteiger partial charge in [0.2, 0.25) is 0 Å². The molecule has 2 aromatic carbocycles. The van der Waals surface area contributed by atoms with Gasteiger partial charge in [-0.05, 0) is 75.8 Å². The van der Waals surface area contributed by atoms with E-state index in [2.05, 4.69) is 5.32 Å². The lowest BCUT2D eigenvalue weighted by molar-refractivity contribution is -0.149. The number of aryl methyl sites for hydroxylation is 5. The van der Waals surface area contributed by atoms with Crippen molar-refractivity contribution in [1.82, 2.24) is 0 Å². The maximum absolute atomic E-state index is 13.6. The highest BCUT2D eigenvalue weighted by molar-refractivity contribution is 7.93. The molecule has 0 spiro atoms. The molecule has 1 saturated carbocycles. The standard InChI is InChI=1S/C25H31NO5S/c1-16-8-9-18(3)21(14-16)32(29,30)25(10-6-7-11-25)24(28)31-15-22(27)26-23-19(4)12-17(2)13-20(23)5/h8-9,12-14H,6-7,10-11,15H2,1-5H3,(H,26,27). The number of hydrogen-bond donors (Lipinski definition) is 1. The number of hydrogen-bond acceptors (Lipinski definition) is 5. The molecule has 6 nitrogen and oxygen atoms in total. The average Bonchev–Trinajstić information content (AvgIpc) is 3.22. The largest absolute Gasteiger partial charge is 0.454 e. The summed E-state index contributed by atoms with van der Waals surface area (Å²) in [4.78, 5) is 25.8. The highest BCUT2D eigenvalue weighted by Gasteiger charge is 2.54. The van der Waals surface area contributed by atoms with Gasteiger partial charge in [0.05, 0.1) is 4.90 Å². The second-order valence-electron chi connectivity index (χ2n) is 8.87. The van der Waals surface area contributed by atoms with Crippen molar-refractivity contribution < 1.29 is 22.7 Å². The van der Waals surface area contributed by atoms with Crippen LogP contribution in [0.25, 0.3) is 0 Å². The first-order chi connectivity index (χ1) is 15.0. The van der Waals surface area contributed by atoms with Gasteiger partial charge in [-0.25, -0.2) is 8.42 Å². The van der Waals surface area contributed by atoms with E-state index in [1.807, 2.05) is 45.9 Å². The third kappa shape index (κ3) is 4.44. The number of carbonyl (C=O) groups excluding carboxylic acids is 2. The lowest BCUT2D eigenvalue weighted by atomic mass is 10.1. The van der Waals surface area contributed by atoms with Crippen LogP contribution >= 0.6 is 0 Å². The van der Waals surface area contributed by atoms with Crippen LogP contribution in [0, 0.1) is 34.6 Å². The molecule has 0 heterocycles. The minimum Gasteiger partial charge on any atom is -0.454 e. The third-order valence-corrected chi connectivity index (χ3v) is 8.83. The summed E-state index contributed by atoms with van der Waals surface area (Å²) < 4.78 is 30.9. The van der Waals surface area contributed by atoms with Crippen molar-refractivity contribution in [1.29, 1.82) is 0 Å². The number of carbonyl (C=O) groups is 2. The molecule has 1 amide bonds. The van der Waals surface area contributed by atoms with Crippen LogP contribution in [0.2, 0.25) is 0 Å². The number of nitrogens with one attached hydrogen (secondary N) is 1. The Morgan fingerprint density at radius 1 is 0.906 bits per heavy atom. The van der Waals surface area contributed by atoms with Gasteiger partial charge in [-0.3, -0.25) is 9.59 Å². The Morgan fingerprint density at radius 2 is 1.50 bits per heavy atom. The minimum absolute atomic E-state index is 0.159. The zero-order chi connectivity index (χ0) is 23.7. The van der Waals surface area contributed by atoms with E-state index in [9.17, 15) is 18.0 Å². The molecule has 0 saturated heterocycles. The van der Waals surface area contributed by atoms with Crippen molar-refractivity contribution in [2.75, 3.05) is 11.9 Å². The summed E-state index contributed by atoms with van der Waals surface area (Å²) in [6, 6.07) is 9.11. The van der Waals surface area contributed by atoms with E-state index < -0.39 is 33.1 Å². The average molecular weight is 458 g/mol. The van der Waals surface area contributed by atoms with Gasteiger partial charge in [0, 0.05) is 5.69 Å². The lowest BCUT2D eigenvalue weighted by Gasteiger charge is -2.27.